The molecule has 0 unspecified atom stereocenters. The molecule has 0 atom stereocenters. The van der Waals surface area contributed by atoms with Crippen molar-refractivity contribution in [1.82, 2.24) is 5.32 Å². The van der Waals surface area contributed by atoms with Gasteiger partial charge in [-0.15, -0.1) is 0 Å². The second-order valence-electron chi connectivity index (χ2n) is 6.05. The lowest BCUT2D eigenvalue weighted by Gasteiger charge is -2.24. The zero-order valence-corrected chi connectivity index (χ0v) is 11.8. The largest absolute Gasteiger partial charge is 0.444 e. The van der Waals surface area contributed by atoms with E-state index in [4.69, 9.17) is 4.74 Å². The van der Waals surface area contributed by atoms with Gasteiger partial charge in [0.25, 0.3) is 0 Å². The van der Waals surface area contributed by atoms with E-state index in [1.54, 1.807) is 0 Å². The van der Waals surface area contributed by atoms with Crippen molar-refractivity contribution in [3.05, 3.63) is 0 Å². The minimum Gasteiger partial charge on any atom is -0.444 e. The molecule has 1 amide bonds. The van der Waals surface area contributed by atoms with Gasteiger partial charge in [0.05, 0.1) is 0 Å². The van der Waals surface area contributed by atoms with Crippen LogP contribution in [0.5, 0.6) is 0 Å². The molecule has 1 aliphatic rings. The van der Waals surface area contributed by atoms with Crippen LogP contribution in [0.3, 0.4) is 0 Å². The lowest BCUT2D eigenvalue weighted by Crippen LogP contribution is -2.33. The molecule has 0 aromatic heterocycles. The molecule has 0 radical (unpaired) electrons. The Labute approximate surface area is 109 Å². The normalized spacial score (nSPS) is 15.9. The number of hydrogen-bond acceptors (Lipinski definition) is 3. The smallest absolute Gasteiger partial charge is 0.407 e. The van der Waals surface area contributed by atoms with Gasteiger partial charge >= 0.3 is 6.09 Å². The molecule has 18 heavy (non-hydrogen) atoms. The maximum absolute atomic E-state index is 11.6. The maximum Gasteiger partial charge on any atom is 0.407 e. The fraction of sp³-hybridized carbons (Fsp3) is 0.857. The molecule has 4 heteroatoms. The first kappa shape index (κ1) is 15.0. The van der Waals surface area contributed by atoms with Crippen molar-refractivity contribution in [2.45, 2.75) is 64.9 Å². The summed E-state index contributed by atoms with van der Waals surface area (Å²) in [6.45, 7) is 5.82. The molecule has 0 heterocycles. The predicted molar refractivity (Wildman–Crippen MR) is 70.4 cm³/mol. The first-order valence-electron chi connectivity index (χ1n) is 6.85. The number of carbonyl (C=O) groups is 2. The van der Waals surface area contributed by atoms with E-state index in [0.29, 0.717) is 19.4 Å². The van der Waals surface area contributed by atoms with Crippen LogP contribution in [0.15, 0.2) is 0 Å². The van der Waals surface area contributed by atoms with Crippen LogP contribution in [0.1, 0.15) is 59.3 Å². The van der Waals surface area contributed by atoms with Gasteiger partial charge in [-0.25, -0.2) is 4.79 Å². The summed E-state index contributed by atoms with van der Waals surface area (Å²) in [4.78, 5) is 22.9. The Balaban J connectivity index is 2.02. The number of Topliss-reactive ketones (excluding diaryl/α,β-unsaturated/α-hetero) is 1. The molecule has 4 nitrogen and oxygen atoms in total. The molecular weight excluding hydrogens is 230 g/mol. The van der Waals surface area contributed by atoms with Gasteiger partial charge < -0.3 is 10.1 Å². The summed E-state index contributed by atoms with van der Waals surface area (Å²) in [7, 11) is 0. The molecule has 0 saturated heterocycles. The Kier molecular flexibility index (Phi) is 5.63. The maximum atomic E-state index is 11.6. The van der Waals surface area contributed by atoms with E-state index >= 15 is 0 Å². The van der Waals surface area contributed by atoms with Gasteiger partial charge in [0, 0.05) is 19.4 Å². The van der Waals surface area contributed by atoms with Gasteiger partial charge in [-0.2, -0.15) is 0 Å². The van der Waals surface area contributed by atoms with Gasteiger partial charge in [0.2, 0.25) is 0 Å². The van der Waals surface area contributed by atoms with Crippen LogP contribution < -0.4 is 5.32 Å². The molecule has 1 rings (SSSR count). The standard InChI is InChI=1S/C14H25NO3/c1-14(2,3)18-13(17)15-10-9-12(16)8-7-11-5-4-6-11/h11H,4-10H2,1-3H3,(H,15,17). The van der Waals surface area contributed by atoms with Crippen molar-refractivity contribution in [2.75, 3.05) is 6.54 Å². The highest BCUT2D eigenvalue weighted by atomic mass is 16.6. The lowest BCUT2D eigenvalue weighted by molar-refractivity contribution is -0.119. The van der Waals surface area contributed by atoms with E-state index in [2.05, 4.69) is 5.32 Å². The highest BCUT2D eigenvalue weighted by Gasteiger charge is 2.18. The first-order valence-corrected chi connectivity index (χ1v) is 6.85. The summed E-state index contributed by atoms with van der Waals surface area (Å²) in [6.07, 6.45) is 5.51. The van der Waals surface area contributed by atoms with Crippen LogP contribution in [-0.2, 0) is 9.53 Å². The molecular formula is C14H25NO3. The summed E-state index contributed by atoms with van der Waals surface area (Å²) in [5.74, 6) is 1.01. The van der Waals surface area contributed by atoms with E-state index < -0.39 is 11.7 Å². The number of ketones is 1. The zero-order valence-electron chi connectivity index (χ0n) is 11.8. The summed E-state index contributed by atoms with van der Waals surface area (Å²) in [5, 5.41) is 2.60. The average molecular weight is 255 g/mol. The minimum atomic E-state index is -0.488. The van der Waals surface area contributed by atoms with Gasteiger partial charge in [0.1, 0.15) is 11.4 Å². The Bertz CT molecular complexity index is 290. The lowest BCUT2D eigenvalue weighted by atomic mass is 9.81. The fourth-order valence-corrected chi connectivity index (χ4v) is 1.89. The molecule has 1 aliphatic carbocycles. The van der Waals surface area contributed by atoms with Crippen molar-refractivity contribution < 1.29 is 14.3 Å². The van der Waals surface area contributed by atoms with E-state index in [1.807, 2.05) is 20.8 Å². The first-order chi connectivity index (χ1) is 8.37. The van der Waals surface area contributed by atoms with Crippen LogP contribution in [0.4, 0.5) is 4.79 Å². The quantitative estimate of drug-likeness (QED) is 0.793. The summed E-state index contributed by atoms with van der Waals surface area (Å²) in [6, 6.07) is 0. The number of carbonyl (C=O) groups excluding carboxylic acids is 2. The van der Waals surface area contributed by atoms with Crippen LogP contribution in [0.25, 0.3) is 0 Å². The van der Waals surface area contributed by atoms with E-state index in [-0.39, 0.29) is 5.78 Å². The molecule has 1 N–H and O–H groups in total. The monoisotopic (exact) mass is 255 g/mol. The molecule has 0 aromatic carbocycles. The molecule has 1 fully saturated rings. The number of amides is 1. The highest BCUT2D eigenvalue weighted by molar-refractivity contribution is 5.79. The van der Waals surface area contributed by atoms with Crippen LogP contribution in [0, 0.1) is 5.92 Å². The number of rotatable bonds is 6. The third-order valence-corrected chi connectivity index (χ3v) is 3.13. The van der Waals surface area contributed by atoms with Gasteiger partial charge in [-0.3, -0.25) is 4.79 Å². The van der Waals surface area contributed by atoms with Gasteiger partial charge in [0.15, 0.2) is 0 Å². The predicted octanol–water partition coefficient (Wildman–Crippen LogP) is 3.05. The summed E-state index contributed by atoms with van der Waals surface area (Å²) in [5.41, 5.74) is -0.488. The Morgan fingerprint density at radius 3 is 2.39 bits per heavy atom. The third kappa shape index (κ3) is 6.62. The van der Waals surface area contributed by atoms with E-state index in [0.717, 1.165) is 12.3 Å². The second kappa shape index (κ2) is 6.76. The number of hydrogen-bond donors (Lipinski definition) is 1. The van der Waals surface area contributed by atoms with E-state index in [1.165, 1.54) is 19.3 Å². The minimum absolute atomic E-state index is 0.234. The van der Waals surface area contributed by atoms with Gasteiger partial charge in [-0.1, -0.05) is 19.3 Å². The van der Waals surface area contributed by atoms with Crippen molar-refractivity contribution in [2.24, 2.45) is 5.92 Å². The molecule has 0 spiro atoms. The molecule has 0 aromatic rings. The summed E-state index contributed by atoms with van der Waals surface area (Å²) >= 11 is 0. The Morgan fingerprint density at radius 1 is 1.22 bits per heavy atom. The fourth-order valence-electron chi connectivity index (χ4n) is 1.89. The molecule has 0 bridgehead atoms. The summed E-state index contributed by atoms with van der Waals surface area (Å²) < 4.78 is 5.08. The van der Waals surface area contributed by atoms with E-state index in [9.17, 15) is 9.59 Å². The van der Waals surface area contributed by atoms with Crippen LogP contribution in [-0.4, -0.2) is 24.0 Å². The zero-order chi connectivity index (χ0) is 13.6. The van der Waals surface area contributed by atoms with Crippen molar-refractivity contribution >= 4 is 11.9 Å². The van der Waals surface area contributed by atoms with Gasteiger partial charge in [-0.05, 0) is 33.1 Å². The topological polar surface area (TPSA) is 55.4 Å². The second-order valence-corrected chi connectivity index (χ2v) is 6.05. The third-order valence-electron chi connectivity index (χ3n) is 3.13. The SMILES string of the molecule is CC(C)(C)OC(=O)NCCC(=O)CCC1CCC1. The Morgan fingerprint density at radius 2 is 1.89 bits per heavy atom. The Hall–Kier alpha value is -1.06. The molecule has 1 saturated carbocycles. The average Bonchev–Trinajstić information content (AvgIpc) is 2.12. The number of nitrogens with one attached hydrogen (secondary N) is 1. The number of alkyl carbamates (subject to hydrolysis) is 1. The van der Waals surface area contributed by atoms with Crippen LogP contribution in [0.2, 0.25) is 0 Å². The molecule has 0 aliphatic heterocycles. The van der Waals surface area contributed by atoms with Crippen LogP contribution >= 0.6 is 0 Å². The molecule has 104 valence electrons. The number of ether oxygens (including phenoxy) is 1. The van der Waals surface area contributed by atoms with Crippen molar-refractivity contribution in [1.29, 1.82) is 0 Å². The highest BCUT2D eigenvalue weighted by Crippen LogP contribution is 2.30. The van der Waals surface area contributed by atoms with Crippen molar-refractivity contribution in [3.8, 4) is 0 Å². The van der Waals surface area contributed by atoms with Crippen molar-refractivity contribution in [3.63, 3.8) is 0 Å².